The number of sulfonamides is 1. The van der Waals surface area contributed by atoms with E-state index in [4.69, 9.17) is 0 Å². The summed E-state index contributed by atoms with van der Waals surface area (Å²) in [6, 6.07) is 8.76. The maximum absolute atomic E-state index is 12.8. The summed E-state index contributed by atoms with van der Waals surface area (Å²) in [5.74, 6) is 0.266. The lowest BCUT2D eigenvalue weighted by Gasteiger charge is -2.18. The first-order valence-corrected chi connectivity index (χ1v) is 9.13. The molecule has 0 radical (unpaired) electrons. The van der Waals surface area contributed by atoms with E-state index in [9.17, 15) is 13.2 Å². The molecule has 1 aromatic carbocycles. The van der Waals surface area contributed by atoms with Gasteiger partial charge in [-0.2, -0.15) is 0 Å². The average Bonchev–Trinajstić information content (AvgIpc) is 3.12. The molecule has 0 amide bonds. The van der Waals surface area contributed by atoms with Gasteiger partial charge >= 0.3 is 0 Å². The van der Waals surface area contributed by atoms with E-state index in [1.54, 1.807) is 23.6 Å². The first-order valence-electron chi connectivity index (χ1n) is 6.81. The minimum Gasteiger partial charge on any atom is -0.294 e. The minimum absolute atomic E-state index is 0.124. The van der Waals surface area contributed by atoms with Crippen molar-refractivity contribution in [3.05, 3.63) is 46.8 Å². The van der Waals surface area contributed by atoms with Gasteiger partial charge in [-0.15, -0.1) is 11.3 Å². The highest BCUT2D eigenvalue weighted by Crippen LogP contribution is 2.46. The van der Waals surface area contributed by atoms with Gasteiger partial charge in [-0.25, -0.2) is 8.42 Å². The fourth-order valence-electron chi connectivity index (χ4n) is 3.25. The number of thiophene rings is 1. The van der Waals surface area contributed by atoms with Gasteiger partial charge in [0.1, 0.15) is 4.21 Å². The monoisotopic (exact) mass is 319 g/mol. The first kappa shape index (κ1) is 13.0. The van der Waals surface area contributed by atoms with E-state index in [0.29, 0.717) is 28.4 Å². The van der Waals surface area contributed by atoms with Gasteiger partial charge in [-0.05, 0) is 29.5 Å². The van der Waals surface area contributed by atoms with Crippen LogP contribution in [0.1, 0.15) is 34.7 Å². The third-order valence-corrected chi connectivity index (χ3v) is 7.36. The van der Waals surface area contributed by atoms with Crippen LogP contribution in [0.4, 0.5) is 5.69 Å². The van der Waals surface area contributed by atoms with Gasteiger partial charge in [-0.3, -0.25) is 9.10 Å². The number of carbonyl (C=O) groups excluding carboxylic acids is 1. The second-order valence-corrected chi connectivity index (χ2v) is 8.40. The van der Waals surface area contributed by atoms with Gasteiger partial charge in [0.05, 0.1) is 5.69 Å². The predicted octanol–water partition coefficient (Wildman–Crippen LogP) is 3.02. The first-order chi connectivity index (χ1) is 10.1. The Balaban J connectivity index is 1.89. The molecule has 0 fully saturated rings. The molecule has 108 valence electrons. The molecule has 1 aliphatic carbocycles. The van der Waals surface area contributed by atoms with Crippen LogP contribution in [0, 0.1) is 0 Å². The molecule has 0 spiro atoms. The lowest BCUT2D eigenvalue weighted by Crippen LogP contribution is -2.29. The summed E-state index contributed by atoms with van der Waals surface area (Å²) in [5, 5.41) is 1.76. The van der Waals surface area contributed by atoms with Gasteiger partial charge in [-0.1, -0.05) is 18.2 Å². The van der Waals surface area contributed by atoms with Crippen molar-refractivity contribution < 1.29 is 13.2 Å². The number of nitrogens with zero attached hydrogens (tertiary/aromatic N) is 1. The van der Waals surface area contributed by atoms with E-state index in [1.165, 1.54) is 15.6 Å². The normalized spacial score (nSPS) is 20.7. The number of hydrogen-bond donors (Lipinski definition) is 0. The van der Waals surface area contributed by atoms with Crippen molar-refractivity contribution in [2.75, 3.05) is 10.8 Å². The highest BCUT2D eigenvalue weighted by atomic mass is 32.2. The van der Waals surface area contributed by atoms with E-state index in [1.807, 2.05) is 12.1 Å². The zero-order valence-corrected chi connectivity index (χ0v) is 12.8. The SMILES string of the molecule is O=C1CC[C@@H]2CN(S(=O)(=O)c3cccs3)c3cccc1c32. The van der Waals surface area contributed by atoms with Crippen molar-refractivity contribution in [2.45, 2.75) is 23.0 Å². The van der Waals surface area contributed by atoms with Crippen LogP contribution in [0.25, 0.3) is 0 Å². The summed E-state index contributed by atoms with van der Waals surface area (Å²) < 4.78 is 27.4. The molecule has 21 heavy (non-hydrogen) atoms. The Morgan fingerprint density at radius 2 is 2.05 bits per heavy atom. The van der Waals surface area contributed by atoms with Gasteiger partial charge in [0.25, 0.3) is 10.0 Å². The van der Waals surface area contributed by atoms with Crippen molar-refractivity contribution in [3.8, 4) is 0 Å². The van der Waals surface area contributed by atoms with E-state index in [2.05, 4.69) is 0 Å². The van der Waals surface area contributed by atoms with Crippen molar-refractivity contribution >= 4 is 32.8 Å². The van der Waals surface area contributed by atoms with Crippen LogP contribution in [0.2, 0.25) is 0 Å². The summed E-state index contributed by atoms with van der Waals surface area (Å²) in [7, 11) is -3.52. The van der Waals surface area contributed by atoms with Crippen LogP contribution >= 0.6 is 11.3 Å². The summed E-state index contributed by atoms with van der Waals surface area (Å²) in [4.78, 5) is 12.0. The maximum Gasteiger partial charge on any atom is 0.273 e. The molecule has 4 nitrogen and oxygen atoms in total. The van der Waals surface area contributed by atoms with Crippen LogP contribution in [-0.4, -0.2) is 20.7 Å². The predicted molar refractivity (Wildman–Crippen MR) is 81.6 cm³/mol. The molecule has 1 aromatic heterocycles. The lowest BCUT2D eigenvalue weighted by molar-refractivity contribution is 0.0968. The molecule has 1 aliphatic heterocycles. The summed E-state index contributed by atoms with van der Waals surface area (Å²) in [6.07, 6.45) is 1.24. The molecule has 0 saturated heterocycles. The number of rotatable bonds is 2. The van der Waals surface area contributed by atoms with Crippen LogP contribution < -0.4 is 4.31 Å². The molecule has 0 saturated carbocycles. The summed E-state index contributed by atoms with van der Waals surface area (Å²) >= 11 is 1.22. The molecule has 0 N–H and O–H groups in total. The van der Waals surface area contributed by atoms with E-state index in [-0.39, 0.29) is 11.7 Å². The molecule has 2 aromatic rings. The van der Waals surface area contributed by atoms with Crippen molar-refractivity contribution in [1.82, 2.24) is 0 Å². The topological polar surface area (TPSA) is 54.5 Å². The maximum atomic E-state index is 12.8. The van der Waals surface area contributed by atoms with Gasteiger partial charge in [0, 0.05) is 24.4 Å². The number of Topliss-reactive ketones (excluding diaryl/α,β-unsaturated/α-hetero) is 1. The summed E-state index contributed by atoms with van der Waals surface area (Å²) in [6.45, 7) is 0.444. The third-order valence-electron chi connectivity index (χ3n) is 4.21. The Bertz CT molecular complexity index is 825. The number of ketones is 1. The number of carbonyl (C=O) groups is 1. The fraction of sp³-hybridized carbons (Fsp3) is 0.267. The van der Waals surface area contributed by atoms with Crippen molar-refractivity contribution in [3.63, 3.8) is 0 Å². The quantitative estimate of drug-likeness (QED) is 0.855. The third kappa shape index (κ3) is 1.79. The van der Waals surface area contributed by atoms with Crippen LogP contribution in [-0.2, 0) is 10.0 Å². The molecule has 2 heterocycles. The van der Waals surface area contributed by atoms with Crippen LogP contribution in [0.5, 0.6) is 0 Å². The van der Waals surface area contributed by atoms with E-state index in [0.717, 1.165) is 12.0 Å². The zero-order chi connectivity index (χ0) is 14.6. The summed E-state index contributed by atoms with van der Waals surface area (Å²) in [5.41, 5.74) is 2.31. The van der Waals surface area contributed by atoms with E-state index < -0.39 is 10.0 Å². The molecule has 0 bridgehead atoms. The van der Waals surface area contributed by atoms with Gasteiger partial charge < -0.3 is 0 Å². The molecular formula is C15H13NO3S2. The molecule has 0 unspecified atom stereocenters. The van der Waals surface area contributed by atoms with Crippen LogP contribution in [0.15, 0.2) is 39.9 Å². The molecule has 1 atom stereocenters. The highest BCUT2D eigenvalue weighted by molar-refractivity contribution is 7.94. The Hall–Kier alpha value is -1.66. The largest absolute Gasteiger partial charge is 0.294 e. The second-order valence-electron chi connectivity index (χ2n) is 5.37. The second kappa shape index (κ2) is 4.42. The van der Waals surface area contributed by atoms with E-state index >= 15 is 0 Å². The van der Waals surface area contributed by atoms with Crippen LogP contribution in [0.3, 0.4) is 0 Å². The van der Waals surface area contributed by atoms with Crippen molar-refractivity contribution in [1.29, 1.82) is 0 Å². The number of hydrogen-bond acceptors (Lipinski definition) is 4. The Labute approximate surface area is 127 Å². The number of anilines is 1. The zero-order valence-electron chi connectivity index (χ0n) is 11.2. The Kier molecular flexibility index (Phi) is 2.74. The molecule has 4 rings (SSSR count). The van der Waals surface area contributed by atoms with Gasteiger partial charge in [0.2, 0.25) is 0 Å². The lowest BCUT2D eigenvalue weighted by atomic mass is 9.83. The highest BCUT2D eigenvalue weighted by Gasteiger charge is 2.41. The molecule has 2 aliphatic rings. The minimum atomic E-state index is -3.52. The Morgan fingerprint density at radius 1 is 1.19 bits per heavy atom. The smallest absolute Gasteiger partial charge is 0.273 e. The molecular weight excluding hydrogens is 306 g/mol. The molecule has 6 heteroatoms. The average molecular weight is 319 g/mol. The number of benzene rings is 1. The van der Waals surface area contributed by atoms with Gasteiger partial charge in [0.15, 0.2) is 5.78 Å². The standard InChI is InChI=1S/C15H13NO3S2/c17-13-7-6-10-9-16(12-4-1-3-11(13)15(10)12)21(18,19)14-5-2-8-20-14/h1-5,8,10H,6-7,9H2/t10-/m1/s1. The van der Waals surface area contributed by atoms with Crippen molar-refractivity contribution in [2.24, 2.45) is 0 Å². The Morgan fingerprint density at radius 3 is 2.81 bits per heavy atom. The fourth-order valence-corrected chi connectivity index (χ4v) is 5.89.